The molecule has 1 N–H and O–H groups in total. The maximum absolute atomic E-state index is 13.9. The van der Waals surface area contributed by atoms with Gasteiger partial charge in [-0.2, -0.15) is 0 Å². The summed E-state index contributed by atoms with van der Waals surface area (Å²) in [6.07, 6.45) is 0. The highest BCUT2D eigenvalue weighted by molar-refractivity contribution is 7.92. The van der Waals surface area contributed by atoms with Gasteiger partial charge in [-0.3, -0.25) is 13.9 Å². The summed E-state index contributed by atoms with van der Waals surface area (Å²) in [4.78, 5) is 28.3. The number of nitrogens with one attached hydrogen (secondary N) is 1. The van der Waals surface area contributed by atoms with Gasteiger partial charge < -0.3 is 10.2 Å². The molecule has 208 valence electrons. The van der Waals surface area contributed by atoms with Gasteiger partial charge in [-0.1, -0.05) is 59.1 Å². The number of anilines is 1. The van der Waals surface area contributed by atoms with Gasteiger partial charge in [0.05, 0.1) is 10.6 Å². The zero-order valence-electron chi connectivity index (χ0n) is 22.6. The third-order valence-corrected chi connectivity index (χ3v) is 8.70. The molecular weight excluding hydrogens is 557 g/mol. The van der Waals surface area contributed by atoms with Crippen molar-refractivity contribution in [1.82, 2.24) is 10.2 Å². The fourth-order valence-corrected chi connectivity index (χ4v) is 5.76. The highest BCUT2D eigenvalue weighted by atomic mass is 35.5. The van der Waals surface area contributed by atoms with Crippen molar-refractivity contribution in [3.63, 3.8) is 0 Å². The predicted octanol–water partition coefficient (Wildman–Crippen LogP) is 5.75. The second kappa shape index (κ2) is 12.9. The summed E-state index contributed by atoms with van der Waals surface area (Å²) in [5, 5.41) is 3.74. The smallest absolute Gasteiger partial charge is 0.264 e. The summed E-state index contributed by atoms with van der Waals surface area (Å²) in [7, 11) is -4.17. The molecule has 1 unspecified atom stereocenters. The molecule has 0 spiro atoms. The average Bonchev–Trinajstić information content (AvgIpc) is 2.88. The van der Waals surface area contributed by atoms with Gasteiger partial charge in [0.25, 0.3) is 10.0 Å². The van der Waals surface area contributed by atoms with Crippen molar-refractivity contribution in [2.75, 3.05) is 10.8 Å². The molecule has 0 radical (unpaired) electrons. The topological polar surface area (TPSA) is 86.8 Å². The monoisotopic (exact) mass is 589 g/mol. The van der Waals surface area contributed by atoms with E-state index in [1.165, 1.54) is 17.0 Å². The fourth-order valence-electron chi connectivity index (χ4n) is 3.99. The quantitative estimate of drug-likeness (QED) is 0.326. The predicted molar refractivity (Wildman–Crippen MR) is 157 cm³/mol. The zero-order chi connectivity index (χ0) is 28.9. The summed E-state index contributed by atoms with van der Waals surface area (Å²) in [5.41, 5.74) is 2.43. The van der Waals surface area contributed by atoms with Gasteiger partial charge >= 0.3 is 0 Å². The highest BCUT2D eigenvalue weighted by Gasteiger charge is 2.33. The van der Waals surface area contributed by atoms with Crippen molar-refractivity contribution >= 4 is 50.7 Å². The second-order valence-electron chi connectivity index (χ2n) is 9.70. The lowest BCUT2D eigenvalue weighted by molar-refractivity contribution is -0.139. The molecule has 0 saturated carbocycles. The van der Waals surface area contributed by atoms with Crippen molar-refractivity contribution < 1.29 is 18.0 Å². The van der Waals surface area contributed by atoms with E-state index in [4.69, 9.17) is 23.2 Å². The first-order valence-corrected chi connectivity index (χ1v) is 14.7. The second-order valence-corrected chi connectivity index (χ2v) is 12.4. The van der Waals surface area contributed by atoms with Crippen LogP contribution in [0.4, 0.5) is 5.69 Å². The van der Waals surface area contributed by atoms with E-state index in [-0.39, 0.29) is 29.1 Å². The molecule has 0 saturated heterocycles. The molecule has 7 nitrogen and oxygen atoms in total. The first-order valence-electron chi connectivity index (χ1n) is 12.5. The van der Waals surface area contributed by atoms with Crippen LogP contribution in [0.1, 0.15) is 37.5 Å². The molecule has 3 aromatic rings. The van der Waals surface area contributed by atoms with Crippen molar-refractivity contribution in [1.29, 1.82) is 0 Å². The van der Waals surface area contributed by atoms with E-state index in [0.29, 0.717) is 15.6 Å². The molecule has 0 fully saturated rings. The molecule has 0 aromatic heterocycles. The minimum absolute atomic E-state index is 0.0372. The summed E-state index contributed by atoms with van der Waals surface area (Å²) in [6.45, 7) is 8.37. The lowest BCUT2D eigenvalue weighted by Crippen LogP contribution is -2.52. The molecule has 1 atom stereocenters. The van der Waals surface area contributed by atoms with E-state index in [1.54, 1.807) is 68.4 Å². The molecule has 0 heterocycles. The summed E-state index contributed by atoms with van der Waals surface area (Å²) in [5.74, 6) is -0.898. The Balaban J connectivity index is 2.07. The Bertz CT molecular complexity index is 1430. The van der Waals surface area contributed by atoms with Crippen LogP contribution < -0.4 is 9.62 Å². The number of amides is 2. The molecule has 3 aromatic carbocycles. The van der Waals surface area contributed by atoms with Crippen molar-refractivity contribution in [2.24, 2.45) is 0 Å². The van der Waals surface area contributed by atoms with Crippen LogP contribution in [-0.2, 0) is 26.2 Å². The molecular formula is C29H33Cl2N3O4S. The maximum atomic E-state index is 13.9. The Morgan fingerprint density at radius 3 is 2.10 bits per heavy atom. The lowest BCUT2D eigenvalue weighted by Gasteiger charge is -2.32. The van der Waals surface area contributed by atoms with E-state index in [1.807, 2.05) is 20.8 Å². The Hall–Kier alpha value is -3.07. The first kappa shape index (κ1) is 30.5. The van der Waals surface area contributed by atoms with Gasteiger partial charge in [0.1, 0.15) is 12.6 Å². The maximum Gasteiger partial charge on any atom is 0.264 e. The summed E-state index contributed by atoms with van der Waals surface area (Å²) in [6, 6.07) is 17.2. The SMILES string of the molecule is Cc1ccc(S(=O)(=O)N(CC(=O)N(Cc2ccc(Cl)cc2)C(C)C(=O)NC(C)C)c2cccc(Cl)c2C)cc1. The molecule has 2 amide bonds. The number of nitrogens with zero attached hydrogens (tertiary/aromatic N) is 2. The zero-order valence-corrected chi connectivity index (χ0v) is 24.9. The molecule has 10 heteroatoms. The van der Waals surface area contributed by atoms with Crippen LogP contribution in [-0.4, -0.2) is 43.8 Å². The number of hydrogen-bond acceptors (Lipinski definition) is 4. The van der Waals surface area contributed by atoms with Gasteiger partial charge in [0.2, 0.25) is 11.8 Å². The van der Waals surface area contributed by atoms with Crippen molar-refractivity contribution in [3.05, 3.63) is 93.5 Å². The Morgan fingerprint density at radius 1 is 0.897 bits per heavy atom. The van der Waals surface area contributed by atoms with Gasteiger partial charge in [0.15, 0.2) is 0 Å². The number of rotatable bonds is 10. The van der Waals surface area contributed by atoms with Crippen LogP contribution in [0.2, 0.25) is 10.0 Å². The van der Waals surface area contributed by atoms with Crippen LogP contribution in [0.5, 0.6) is 0 Å². The highest BCUT2D eigenvalue weighted by Crippen LogP contribution is 2.31. The Morgan fingerprint density at radius 2 is 1.51 bits per heavy atom. The minimum atomic E-state index is -4.17. The van der Waals surface area contributed by atoms with E-state index in [2.05, 4.69) is 5.32 Å². The van der Waals surface area contributed by atoms with Crippen LogP contribution in [0.3, 0.4) is 0 Å². The number of hydrogen-bond donors (Lipinski definition) is 1. The number of aryl methyl sites for hydroxylation is 1. The third kappa shape index (κ3) is 7.53. The Labute approximate surface area is 240 Å². The first-order chi connectivity index (χ1) is 18.3. The molecule has 3 rings (SSSR count). The molecule has 0 aliphatic carbocycles. The van der Waals surface area contributed by atoms with Crippen molar-refractivity contribution in [2.45, 2.75) is 58.1 Å². The van der Waals surface area contributed by atoms with Crippen molar-refractivity contribution in [3.8, 4) is 0 Å². The molecule has 0 bridgehead atoms. The van der Waals surface area contributed by atoms with E-state index < -0.39 is 28.5 Å². The number of sulfonamides is 1. The normalized spacial score (nSPS) is 12.2. The number of carbonyl (C=O) groups is 2. The van der Waals surface area contributed by atoms with E-state index in [0.717, 1.165) is 15.4 Å². The van der Waals surface area contributed by atoms with Crippen LogP contribution in [0, 0.1) is 13.8 Å². The van der Waals surface area contributed by atoms with Gasteiger partial charge in [-0.25, -0.2) is 8.42 Å². The number of carbonyl (C=O) groups excluding carboxylic acids is 2. The largest absolute Gasteiger partial charge is 0.352 e. The van der Waals surface area contributed by atoms with E-state index >= 15 is 0 Å². The fraction of sp³-hybridized carbons (Fsp3) is 0.310. The average molecular weight is 591 g/mol. The molecule has 0 aliphatic heterocycles. The lowest BCUT2D eigenvalue weighted by atomic mass is 10.1. The minimum Gasteiger partial charge on any atom is -0.352 e. The van der Waals surface area contributed by atoms with Gasteiger partial charge in [0, 0.05) is 22.6 Å². The molecule has 0 aliphatic rings. The Kier molecular flexibility index (Phi) is 10.0. The number of benzene rings is 3. The van der Waals surface area contributed by atoms with Crippen LogP contribution in [0.15, 0.2) is 71.6 Å². The van der Waals surface area contributed by atoms with Gasteiger partial charge in [-0.15, -0.1) is 0 Å². The summed E-state index contributed by atoms with van der Waals surface area (Å²) < 4.78 is 28.9. The van der Waals surface area contributed by atoms with E-state index in [9.17, 15) is 18.0 Å². The van der Waals surface area contributed by atoms with Gasteiger partial charge in [-0.05, 0) is 82.1 Å². The summed E-state index contributed by atoms with van der Waals surface area (Å²) >= 11 is 12.4. The standard InChI is InChI=1S/C29H33Cl2N3O4S/c1-19(2)32-29(36)22(5)33(17-23-11-13-24(30)14-12-23)28(35)18-34(27-8-6-7-26(31)21(27)4)39(37,38)25-15-9-20(3)10-16-25/h6-16,19,22H,17-18H2,1-5H3,(H,32,36). The van der Waals surface area contributed by atoms with Crippen LogP contribution in [0.25, 0.3) is 0 Å². The van der Waals surface area contributed by atoms with Crippen LogP contribution >= 0.6 is 23.2 Å². The number of halogens is 2. The third-order valence-electron chi connectivity index (χ3n) is 6.26. The molecule has 39 heavy (non-hydrogen) atoms.